The average Bonchev–Trinajstić information content (AvgIpc) is 2.59. The van der Waals surface area contributed by atoms with Crippen LogP contribution in [0.4, 0.5) is 0 Å². The van der Waals surface area contributed by atoms with Gasteiger partial charge in [-0.2, -0.15) is 8.33 Å². The van der Waals surface area contributed by atoms with Gasteiger partial charge in [0.25, 0.3) is 0 Å². The largest absolute Gasteiger partial charge is 0.497 e. The lowest BCUT2D eigenvalue weighted by Gasteiger charge is -1.99. The molecule has 0 radical (unpaired) electrons. The van der Waals surface area contributed by atoms with Crippen LogP contribution in [0.5, 0.6) is 5.75 Å². The summed E-state index contributed by atoms with van der Waals surface area (Å²) in [5.41, 5.74) is 1.50. The molecular formula is C10H11N2O2S+. The monoisotopic (exact) mass is 223 g/mol. The molecule has 1 aromatic heterocycles. The molecule has 4 nitrogen and oxygen atoms in total. The molecule has 15 heavy (non-hydrogen) atoms. The molecule has 0 bridgehead atoms. The lowest BCUT2D eigenvalue weighted by molar-refractivity contribution is -0.590. The first kappa shape index (κ1) is 9.92. The molecule has 0 aliphatic heterocycles. The van der Waals surface area contributed by atoms with Gasteiger partial charge < -0.3 is 4.74 Å². The number of H-pyrrole nitrogens is 1. The minimum Gasteiger partial charge on any atom is -0.497 e. The van der Waals surface area contributed by atoms with Crippen LogP contribution in [-0.2, 0) is 7.05 Å². The molecule has 1 N–H and O–H groups in total. The maximum Gasteiger partial charge on any atom is 0.390 e. The summed E-state index contributed by atoms with van der Waals surface area (Å²) in [4.78, 5) is 11.5. The molecule has 78 valence electrons. The van der Waals surface area contributed by atoms with Gasteiger partial charge in [-0.15, -0.1) is 0 Å². The lowest BCUT2D eigenvalue weighted by Crippen LogP contribution is -2.27. The molecular weight excluding hydrogens is 212 g/mol. The highest BCUT2D eigenvalue weighted by Gasteiger charge is 2.15. The molecule has 1 heterocycles. The van der Waals surface area contributed by atoms with E-state index in [4.69, 9.17) is 4.74 Å². The van der Waals surface area contributed by atoms with Crippen molar-refractivity contribution in [3.63, 3.8) is 0 Å². The van der Waals surface area contributed by atoms with Crippen molar-refractivity contribution >= 4 is 11.7 Å². The number of aromatic amines is 1. The molecule has 0 aliphatic rings. The van der Waals surface area contributed by atoms with Gasteiger partial charge in [0.2, 0.25) is 17.4 Å². The third-order valence-corrected chi connectivity index (χ3v) is 2.90. The Bertz CT molecular complexity index is 513. The first-order chi connectivity index (χ1) is 7.22. The van der Waals surface area contributed by atoms with E-state index in [2.05, 4.69) is 4.37 Å². The standard InChI is InChI=1S/C10H10N2O2S/c1-12-9(10(13)11-15-12)7-3-5-8(14-2)6-4-7/h3-6H,1-2H3/p+1. The van der Waals surface area contributed by atoms with Gasteiger partial charge in [0.1, 0.15) is 5.75 Å². The number of methoxy groups -OCH3 is 1. The van der Waals surface area contributed by atoms with Gasteiger partial charge in [-0.25, -0.2) is 4.79 Å². The van der Waals surface area contributed by atoms with Crippen LogP contribution >= 0.6 is 11.7 Å². The summed E-state index contributed by atoms with van der Waals surface area (Å²) in [6.45, 7) is 0. The number of aryl methyl sites for hydroxylation is 1. The molecule has 0 saturated carbocycles. The smallest absolute Gasteiger partial charge is 0.390 e. The van der Waals surface area contributed by atoms with Crippen molar-refractivity contribution in [2.75, 3.05) is 7.11 Å². The molecule has 0 spiro atoms. The Labute approximate surface area is 91.1 Å². The molecule has 1 aromatic carbocycles. The van der Waals surface area contributed by atoms with Crippen molar-refractivity contribution in [3.05, 3.63) is 34.6 Å². The molecule has 0 amide bonds. The van der Waals surface area contributed by atoms with Crippen molar-refractivity contribution in [1.82, 2.24) is 4.37 Å². The van der Waals surface area contributed by atoms with E-state index in [9.17, 15) is 4.79 Å². The Balaban J connectivity index is 2.50. The summed E-state index contributed by atoms with van der Waals surface area (Å²) in [6, 6.07) is 7.42. The molecule has 0 fully saturated rings. The normalized spacial score (nSPS) is 10.3. The summed E-state index contributed by atoms with van der Waals surface area (Å²) >= 11 is 1.28. The summed E-state index contributed by atoms with van der Waals surface area (Å²) in [6.07, 6.45) is 0. The van der Waals surface area contributed by atoms with E-state index in [0.29, 0.717) is 5.69 Å². The first-order valence-corrected chi connectivity index (χ1v) is 5.22. The van der Waals surface area contributed by atoms with E-state index in [1.807, 2.05) is 35.3 Å². The second-order valence-electron chi connectivity index (χ2n) is 3.10. The maximum absolute atomic E-state index is 11.5. The third-order valence-electron chi connectivity index (χ3n) is 2.17. The Kier molecular flexibility index (Phi) is 2.55. The Morgan fingerprint density at radius 1 is 1.33 bits per heavy atom. The van der Waals surface area contributed by atoms with Gasteiger partial charge in [-0.3, -0.25) is 0 Å². The molecule has 2 rings (SSSR count). The van der Waals surface area contributed by atoms with Crippen LogP contribution in [0.15, 0.2) is 29.1 Å². The average molecular weight is 223 g/mol. The van der Waals surface area contributed by atoms with Crippen LogP contribution in [-0.4, -0.2) is 11.5 Å². The van der Waals surface area contributed by atoms with Crippen LogP contribution in [0.25, 0.3) is 11.3 Å². The van der Waals surface area contributed by atoms with Gasteiger partial charge in [-0.05, 0) is 24.3 Å². The quantitative estimate of drug-likeness (QED) is 0.770. The van der Waals surface area contributed by atoms with Gasteiger partial charge >= 0.3 is 5.56 Å². The van der Waals surface area contributed by atoms with Gasteiger partial charge in [0, 0.05) is 5.56 Å². The number of nitrogens with zero attached hydrogens (tertiary/aromatic N) is 1. The highest BCUT2D eigenvalue weighted by molar-refractivity contribution is 6.94. The minimum absolute atomic E-state index is 0.0623. The van der Waals surface area contributed by atoms with Crippen LogP contribution in [0, 0.1) is 0 Å². The van der Waals surface area contributed by atoms with Crippen molar-refractivity contribution < 1.29 is 8.69 Å². The molecule has 5 heteroatoms. The summed E-state index contributed by atoms with van der Waals surface area (Å²) < 4.78 is 9.55. The number of aromatic nitrogens is 2. The van der Waals surface area contributed by atoms with Crippen LogP contribution in [0.2, 0.25) is 0 Å². The summed E-state index contributed by atoms with van der Waals surface area (Å²) in [7, 11) is 3.47. The van der Waals surface area contributed by atoms with Crippen molar-refractivity contribution in [2.45, 2.75) is 0 Å². The fourth-order valence-corrected chi connectivity index (χ4v) is 2.00. The molecule has 0 saturated heterocycles. The second-order valence-corrected chi connectivity index (χ2v) is 4.03. The number of benzene rings is 1. The zero-order valence-electron chi connectivity index (χ0n) is 8.48. The topological polar surface area (TPSA) is 46.0 Å². The molecule has 0 aliphatic carbocycles. The number of ether oxygens (including phenoxy) is 1. The Morgan fingerprint density at radius 2 is 2.00 bits per heavy atom. The number of hydrogen-bond donors (Lipinski definition) is 1. The molecule has 2 aromatic rings. The number of nitrogens with one attached hydrogen (secondary N) is 1. The fraction of sp³-hybridized carbons (Fsp3) is 0.200. The van der Waals surface area contributed by atoms with E-state index in [0.717, 1.165) is 11.3 Å². The van der Waals surface area contributed by atoms with Crippen LogP contribution < -0.4 is 14.3 Å². The number of rotatable bonds is 2. The van der Waals surface area contributed by atoms with E-state index >= 15 is 0 Å². The van der Waals surface area contributed by atoms with Gasteiger partial charge in [0.15, 0.2) is 0 Å². The predicted molar refractivity (Wildman–Crippen MR) is 58.1 cm³/mol. The Morgan fingerprint density at radius 3 is 2.47 bits per heavy atom. The third kappa shape index (κ3) is 1.78. The van der Waals surface area contributed by atoms with Crippen LogP contribution in [0.1, 0.15) is 0 Å². The van der Waals surface area contributed by atoms with Crippen molar-refractivity contribution in [3.8, 4) is 17.0 Å². The summed E-state index contributed by atoms with van der Waals surface area (Å²) in [5, 5.41) is 0. The SMILES string of the molecule is COc1ccc(-c2c(=O)[nH]s[n+]2C)cc1. The van der Waals surface area contributed by atoms with Gasteiger partial charge in [-0.1, -0.05) is 0 Å². The highest BCUT2D eigenvalue weighted by Crippen LogP contribution is 2.17. The fourth-order valence-electron chi connectivity index (χ4n) is 1.41. The minimum atomic E-state index is -0.0623. The first-order valence-electron chi connectivity index (χ1n) is 4.45. The lowest BCUT2D eigenvalue weighted by atomic mass is 10.1. The van der Waals surface area contributed by atoms with E-state index in [1.54, 1.807) is 7.11 Å². The zero-order chi connectivity index (χ0) is 10.8. The van der Waals surface area contributed by atoms with Crippen molar-refractivity contribution in [1.29, 1.82) is 0 Å². The Hall–Kier alpha value is -1.62. The molecule has 0 atom stereocenters. The highest BCUT2D eigenvalue weighted by atomic mass is 32.1. The predicted octanol–water partition coefficient (Wildman–Crippen LogP) is 0.937. The number of hydrogen-bond acceptors (Lipinski definition) is 3. The van der Waals surface area contributed by atoms with E-state index in [1.165, 1.54) is 11.7 Å². The summed E-state index contributed by atoms with van der Waals surface area (Å²) in [5.74, 6) is 0.785. The maximum atomic E-state index is 11.5. The second kappa shape index (κ2) is 3.86. The van der Waals surface area contributed by atoms with Crippen molar-refractivity contribution in [2.24, 2.45) is 7.05 Å². The zero-order valence-corrected chi connectivity index (χ0v) is 9.30. The van der Waals surface area contributed by atoms with Crippen LogP contribution in [0.3, 0.4) is 0 Å². The van der Waals surface area contributed by atoms with E-state index < -0.39 is 0 Å². The van der Waals surface area contributed by atoms with E-state index in [-0.39, 0.29) is 5.56 Å². The van der Waals surface area contributed by atoms with Gasteiger partial charge in [0.05, 0.1) is 14.2 Å². The molecule has 0 unspecified atom stereocenters.